The molecule has 0 atom stereocenters. The predicted molar refractivity (Wildman–Crippen MR) is 76.2 cm³/mol. The average molecular weight is 248 g/mol. The van der Waals surface area contributed by atoms with Crippen LogP contribution in [0.3, 0.4) is 0 Å². The Morgan fingerprint density at radius 1 is 1.39 bits per heavy atom. The van der Waals surface area contributed by atoms with E-state index in [2.05, 4.69) is 43.9 Å². The summed E-state index contributed by atoms with van der Waals surface area (Å²) in [7, 11) is 0. The number of morpholine rings is 1. The zero-order chi connectivity index (χ0) is 13.2. The molecule has 18 heavy (non-hydrogen) atoms. The minimum Gasteiger partial charge on any atom is -0.372 e. The zero-order valence-electron chi connectivity index (χ0n) is 11.7. The van der Waals surface area contributed by atoms with E-state index in [1.54, 1.807) is 0 Å². The molecule has 1 saturated heterocycles. The molecule has 100 valence electrons. The van der Waals surface area contributed by atoms with Crippen LogP contribution in [0.5, 0.6) is 0 Å². The van der Waals surface area contributed by atoms with Gasteiger partial charge in [0.25, 0.3) is 0 Å². The molecule has 1 aromatic carbocycles. The summed E-state index contributed by atoms with van der Waals surface area (Å²) in [6.45, 7) is 9.82. The Morgan fingerprint density at radius 2 is 2.17 bits per heavy atom. The number of nitrogens with two attached hydrogens (primary N) is 1. The van der Waals surface area contributed by atoms with Gasteiger partial charge in [-0.25, -0.2) is 0 Å². The number of ether oxygens (including phenoxy) is 1. The second kappa shape index (κ2) is 5.29. The third-order valence-electron chi connectivity index (χ3n) is 3.42. The quantitative estimate of drug-likeness (QED) is 0.890. The van der Waals surface area contributed by atoms with Gasteiger partial charge in [-0.15, -0.1) is 0 Å². The van der Waals surface area contributed by atoms with Gasteiger partial charge in [0.1, 0.15) is 0 Å². The number of anilines is 1. The van der Waals surface area contributed by atoms with E-state index >= 15 is 0 Å². The molecule has 1 heterocycles. The Hall–Kier alpha value is -1.06. The van der Waals surface area contributed by atoms with E-state index in [1.165, 1.54) is 16.8 Å². The average Bonchev–Trinajstić information content (AvgIpc) is 2.28. The van der Waals surface area contributed by atoms with E-state index < -0.39 is 0 Å². The normalized spacial score (nSPS) is 19.0. The van der Waals surface area contributed by atoms with E-state index in [9.17, 15) is 0 Å². The first-order valence-electron chi connectivity index (χ1n) is 6.70. The van der Waals surface area contributed by atoms with Crippen molar-refractivity contribution in [2.45, 2.75) is 32.8 Å². The summed E-state index contributed by atoms with van der Waals surface area (Å²) in [5.41, 5.74) is 9.63. The van der Waals surface area contributed by atoms with Gasteiger partial charge >= 0.3 is 0 Å². The number of hydrogen-bond donors (Lipinski definition) is 1. The molecule has 2 rings (SSSR count). The summed E-state index contributed by atoms with van der Waals surface area (Å²) in [5, 5.41) is 0. The first kappa shape index (κ1) is 13.4. The third-order valence-corrected chi connectivity index (χ3v) is 3.42. The fraction of sp³-hybridized carbons (Fsp3) is 0.600. The van der Waals surface area contributed by atoms with Crippen molar-refractivity contribution in [1.82, 2.24) is 0 Å². The molecule has 0 amide bonds. The molecule has 3 nitrogen and oxygen atoms in total. The lowest BCUT2D eigenvalue weighted by molar-refractivity contribution is -0.0277. The molecule has 0 spiro atoms. The Morgan fingerprint density at radius 3 is 2.83 bits per heavy atom. The van der Waals surface area contributed by atoms with Crippen molar-refractivity contribution >= 4 is 5.69 Å². The van der Waals surface area contributed by atoms with Crippen molar-refractivity contribution in [3.8, 4) is 0 Å². The molecular formula is C15H24N2O. The molecule has 1 aliphatic rings. The summed E-state index contributed by atoms with van der Waals surface area (Å²) in [4.78, 5) is 2.42. The molecule has 1 aromatic rings. The lowest BCUT2D eigenvalue weighted by Gasteiger charge is -2.40. The summed E-state index contributed by atoms with van der Waals surface area (Å²) >= 11 is 0. The van der Waals surface area contributed by atoms with E-state index in [0.29, 0.717) is 6.54 Å². The van der Waals surface area contributed by atoms with Crippen LogP contribution in [-0.4, -0.2) is 31.8 Å². The van der Waals surface area contributed by atoms with Crippen LogP contribution in [0, 0.1) is 6.92 Å². The maximum absolute atomic E-state index is 5.77. The molecule has 0 unspecified atom stereocenters. The van der Waals surface area contributed by atoms with Crippen molar-refractivity contribution in [2.24, 2.45) is 5.73 Å². The van der Waals surface area contributed by atoms with Gasteiger partial charge in [-0.05, 0) is 45.4 Å². The number of aryl methyl sites for hydroxylation is 1. The molecule has 0 bridgehead atoms. The van der Waals surface area contributed by atoms with Gasteiger partial charge in [0.15, 0.2) is 0 Å². The second-order valence-corrected chi connectivity index (χ2v) is 5.70. The standard InChI is InChI=1S/C15H24N2O/c1-12-4-5-14(13(10-12)6-7-16)17-8-9-18-15(2,3)11-17/h4-5,10H,6-9,11,16H2,1-3H3. The van der Waals surface area contributed by atoms with E-state index in [4.69, 9.17) is 10.5 Å². The largest absolute Gasteiger partial charge is 0.372 e. The van der Waals surface area contributed by atoms with Gasteiger partial charge in [0, 0.05) is 18.8 Å². The third kappa shape index (κ3) is 3.03. The summed E-state index contributed by atoms with van der Waals surface area (Å²) in [5.74, 6) is 0. The monoisotopic (exact) mass is 248 g/mol. The van der Waals surface area contributed by atoms with E-state index in [1.807, 2.05) is 0 Å². The van der Waals surface area contributed by atoms with E-state index in [-0.39, 0.29) is 5.60 Å². The number of hydrogen-bond acceptors (Lipinski definition) is 3. The number of benzene rings is 1. The second-order valence-electron chi connectivity index (χ2n) is 5.70. The van der Waals surface area contributed by atoms with Crippen LogP contribution in [-0.2, 0) is 11.2 Å². The summed E-state index contributed by atoms with van der Waals surface area (Å²) < 4.78 is 5.77. The van der Waals surface area contributed by atoms with Crippen LogP contribution in [0.4, 0.5) is 5.69 Å². The van der Waals surface area contributed by atoms with Crippen molar-refractivity contribution in [3.05, 3.63) is 29.3 Å². The fourth-order valence-corrected chi connectivity index (χ4v) is 2.60. The highest BCUT2D eigenvalue weighted by Gasteiger charge is 2.28. The first-order chi connectivity index (χ1) is 8.52. The van der Waals surface area contributed by atoms with Crippen LogP contribution < -0.4 is 10.6 Å². The van der Waals surface area contributed by atoms with Crippen LogP contribution in [0.1, 0.15) is 25.0 Å². The first-order valence-corrected chi connectivity index (χ1v) is 6.70. The topological polar surface area (TPSA) is 38.5 Å². The Kier molecular flexibility index (Phi) is 3.93. The highest BCUT2D eigenvalue weighted by Crippen LogP contribution is 2.27. The van der Waals surface area contributed by atoms with Crippen LogP contribution >= 0.6 is 0 Å². The van der Waals surface area contributed by atoms with Gasteiger partial charge < -0.3 is 15.4 Å². The van der Waals surface area contributed by atoms with E-state index in [0.717, 1.165) is 26.1 Å². The molecule has 2 N–H and O–H groups in total. The molecular weight excluding hydrogens is 224 g/mol. The summed E-state index contributed by atoms with van der Waals surface area (Å²) in [6.07, 6.45) is 0.939. The lowest BCUT2D eigenvalue weighted by atomic mass is 10.0. The lowest BCUT2D eigenvalue weighted by Crippen LogP contribution is -2.48. The maximum atomic E-state index is 5.77. The fourth-order valence-electron chi connectivity index (χ4n) is 2.60. The maximum Gasteiger partial charge on any atom is 0.0801 e. The van der Waals surface area contributed by atoms with Crippen molar-refractivity contribution in [3.63, 3.8) is 0 Å². The molecule has 0 radical (unpaired) electrons. The molecule has 0 saturated carbocycles. The van der Waals surface area contributed by atoms with Crippen LogP contribution in [0.25, 0.3) is 0 Å². The van der Waals surface area contributed by atoms with Gasteiger partial charge in [0.05, 0.1) is 12.2 Å². The van der Waals surface area contributed by atoms with Gasteiger partial charge in [0.2, 0.25) is 0 Å². The number of nitrogens with zero attached hydrogens (tertiary/aromatic N) is 1. The minimum atomic E-state index is -0.0663. The highest BCUT2D eigenvalue weighted by molar-refractivity contribution is 5.55. The highest BCUT2D eigenvalue weighted by atomic mass is 16.5. The zero-order valence-corrected chi connectivity index (χ0v) is 11.7. The van der Waals surface area contributed by atoms with Gasteiger partial charge in [-0.3, -0.25) is 0 Å². The molecule has 0 aliphatic carbocycles. The number of rotatable bonds is 3. The van der Waals surface area contributed by atoms with Gasteiger partial charge in [-0.1, -0.05) is 17.7 Å². The predicted octanol–water partition coefficient (Wildman–Crippen LogP) is 2.11. The van der Waals surface area contributed by atoms with Crippen molar-refractivity contribution < 1.29 is 4.74 Å². The van der Waals surface area contributed by atoms with Crippen LogP contribution in [0.15, 0.2) is 18.2 Å². The Balaban J connectivity index is 2.26. The summed E-state index contributed by atoms with van der Waals surface area (Å²) in [6, 6.07) is 6.66. The van der Waals surface area contributed by atoms with Crippen molar-refractivity contribution in [2.75, 3.05) is 31.1 Å². The van der Waals surface area contributed by atoms with Crippen molar-refractivity contribution in [1.29, 1.82) is 0 Å². The Bertz CT molecular complexity index is 415. The molecule has 1 fully saturated rings. The van der Waals surface area contributed by atoms with Crippen LogP contribution in [0.2, 0.25) is 0 Å². The molecule has 0 aromatic heterocycles. The molecule has 3 heteroatoms. The SMILES string of the molecule is Cc1ccc(N2CCOC(C)(C)C2)c(CCN)c1. The molecule has 1 aliphatic heterocycles. The Labute approximate surface area is 110 Å². The minimum absolute atomic E-state index is 0.0663. The smallest absolute Gasteiger partial charge is 0.0801 e. The van der Waals surface area contributed by atoms with Gasteiger partial charge in [-0.2, -0.15) is 0 Å².